The summed E-state index contributed by atoms with van der Waals surface area (Å²) < 4.78 is 40.1. The number of nitrogens with zero attached hydrogens (tertiary/aromatic N) is 2. The number of aromatic nitrogens is 2. The highest BCUT2D eigenvalue weighted by atomic mass is 35.5. The topological polar surface area (TPSA) is 91.5 Å². The first kappa shape index (κ1) is 15.1. The van der Waals surface area contributed by atoms with Gasteiger partial charge in [0.05, 0.1) is 10.8 Å². The van der Waals surface area contributed by atoms with Gasteiger partial charge in [0.15, 0.2) is 27.2 Å². The first-order valence-corrected chi connectivity index (χ1v) is 8.70. The van der Waals surface area contributed by atoms with Gasteiger partial charge >= 0.3 is 0 Å². The van der Waals surface area contributed by atoms with Crippen molar-refractivity contribution in [3.63, 3.8) is 0 Å². The molecule has 0 fully saturated rings. The highest BCUT2D eigenvalue weighted by molar-refractivity contribution is 7.89. The highest BCUT2D eigenvalue weighted by Crippen LogP contribution is 2.38. The van der Waals surface area contributed by atoms with Crippen molar-refractivity contribution in [1.82, 2.24) is 10.1 Å². The van der Waals surface area contributed by atoms with E-state index in [1.54, 1.807) is 19.1 Å². The molecule has 0 amide bonds. The SMILES string of the molecule is Cc1noc(CS(=O)(=O)Cc2cc(Cl)c3c(c2)OCCO3)n1. The zero-order valence-electron chi connectivity index (χ0n) is 11.7. The molecule has 2 aromatic rings. The largest absolute Gasteiger partial charge is 0.486 e. The molecule has 0 bridgehead atoms. The lowest BCUT2D eigenvalue weighted by molar-refractivity contribution is 0.171. The molecule has 1 aliphatic rings. The van der Waals surface area contributed by atoms with E-state index in [-0.39, 0.29) is 17.4 Å². The summed E-state index contributed by atoms with van der Waals surface area (Å²) in [5.41, 5.74) is 0.519. The number of ether oxygens (including phenoxy) is 2. The third kappa shape index (κ3) is 3.33. The van der Waals surface area contributed by atoms with Crippen LogP contribution >= 0.6 is 11.6 Å². The zero-order chi connectivity index (χ0) is 15.7. The van der Waals surface area contributed by atoms with Crippen LogP contribution in [0.3, 0.4) is 0 Å². The molecule has 1 aromatic carbocycles. The maximum atomic E-state index is 12.2. The van der Waals surface area contributed by atoms with E-state index in [0.29, 0.717) is 41.1 Å². The lowest BCUT2D eigenvalue weighted by atomic mass is 10.2. The van der Waals surface area contributed by atoms with E-state index in [0.717, 1.165) is 0 Å². The van der Waals surface area contributed by atoms with E-state index in [1.165, 1.54) is 0 Å². The molecule has 0 radical (unpaired) electrons. The molecular weight excluding hydrogens is 332 g/mol. The van der Waals surface area contributed by atoms with Crippen LogP contribution in [0.1, 0.15) is 17.3 Å². The number of aryl methyl sites for hydroxylation is 1. The van der Waals surface area contributed by atoms with Gasteiger partial charge in [-0.3, -0.25) is 0 Å². The molecule has 9 heteroatoms. The van der Waals surface area contributed by atoms with Gasteiger partial charge in [0.25, 0.3) is 0 Å². The van der Waals surface area contributed by atoms with Gasteiger partial charge in [-0.15, -0.1) is 0 Å². The number of halogens is 1. The smallest absolute Gasteiger partial charge is 0.241 e. The average molecular weight is 345 g/mol. The molecule has 0 atom stereocenters. The summed E-state index contributed by atoms with van der Waals surface area (Å²) in [5.74, 6) is 0.845. The summed E-state index contributed by atoms with van der Waals surface area (Å²) >= 11 is 6.10. The second-order valence-electron chi connectivity index (χ2n) is 4.87. The van der Waals surface area contributed by atoms with Crippen molar-refractivity contribution >= 4 is 21.4 Å². The summed E-state index contributed by atoms with van der Waals surface area (Å²) in [7, 11) is -3.47. The Labute approximate surface area is 132 Å². The van der Waals surface area contributed by atoms with Crippen LogP contribution in [0.25, 0.3) is 0 Å². The van der Waals surface area contributed by atoms with Crippen molar-refractivity contribution in [2.24, 2.45) is 0 Å². The molecular formula is C13H13ClN2O5S. The Morgan fingerprint density at radius 3 is 2.73 bits per heavy atom. The lowest BCUT2D eigenvalue weighted by Gasteiger charge is -2.20. The van der Waals surface area contributed by atoms with E-state index in [4.69, 9.17) is 25.6 Å². The standard InChI is InChI=1S/C13H13ClN2O5S/c1-8-15-12(21-16-8)7-22(17,18)6-9-4-10(14)13-11(5-9)19-2-3-20-13/h4-5H,2-3,6-7H2,1H3. The molecule has 0 saturated heterocycles. The lowest BCUT2D eigenvalue weighted by Crippen LogP contribution is -2.16. The number of sulfone groups is 1. The van der Waals surface area contributed by atoms with Gasteiger partial charge < -0.3 is 14.0 Å². The van der Waals surface area contributed by atoms with Crippen LogP contribution in [0, 0.1) is 6.92 Å². The van der Waals surface area contributed by atoms with Crippen molar-refractivity contribution in [2.75, 3.05) is 13.2 Å². The number of hydrogen-bond acceptors (Lipinski definition) is 7. The predicted molar refractivity (Wildman–Crippen MR) is 77.8 cm³/mol. The minimum atomic E-state index is -3.47. The van der Waals surface area contributed by atoms with Crippen LogP contribution in [0.2, 0.25) is 5.02 Å². The Morgan fingerprint density at radius 2 is 2.00 bits per heavy atom. The van der Waals surface area contributed by atoms with Crippen LogP contribution in [-0.4, -0.2) is 31.8 Å². The summed E-state index contributed by atoms with van der Waals surface area (Å²) in [4.78, 5) is 3.90. The predicted octanol–water partition coefficient (Wildman–Crippen LogP) is 1.92. The van der Waals surface area contributed by atoms with Gasteiger partial charge in [0.1, 0.15) is 19.0 Å². The fourth-order valence-corrected chi connectivity index (χ4v) is 3.70. The van der Waals surface area contributed by atoms with E-state index in [9.17, 15) is 8.42 Å². The Kier molecular flexibility index (Phi) is 3.96. The molecule has 7 nitrogen and oxygen atoms in total. The van der Waals surface area contributed by atoms with Gasteiger partial charge in [-0.1, -0.05) is 16.8 Å². The zero-order valence-corrected chi connectivity index (χ0v) is 13.3. The van der Waals surface area contributed by atoms with Crippen LogP contribution < -0.4 is 9.47 Å². The number of benzene rings is 1. The van der Waals surface area contributed by atoms with E-state index in [1.807, 2.05) is 0 Å². The van der Waals surface area contributed by atoms with E-state index in [2.05, 4.69) is 10.1 Å². The Balaban J connectivity index is 1.81. The Hall–Kier alpha value is -1.80. The fraction of sp³-hybridized carbons (Fsp3) is 0.385. The summed E-state index contributed by atoms with van der Waals surface area (Å²) in [6.45, 7) is 2.45. The number of hydrogen-bond donors (Lipinski definition) is 0. The second-order valence-corrected chi connectivity index (χ2v) is 7.34. The average Bonchev–Trinajstić information content (AvgIpc) is 2.82. The number of rotatable bonds is 4. The van der Waals surface area contributed by atoms with Crippen LogP contribution in [0.5, 0.6) is 11.5 Å². The van der Waals surface area contributed by atoms with Gasteiger partial charge in [0.2, 0.25) is 5.89 Å². The minimum Gasteiger partial charge on any atom is -0.486 e. The Morgan fingerprint density at radius 1 is 1.23 bits per heavy atom. The first-order valence-electron chi connectivity index (χ1n) is 6.50. The van der Waals surface area contributed by atoms with E-state index >= 15 is 0 Å². The molecule has 3 rings (SSSR count). The van der Waals surface area contributed by atoms with Crippen LogP contribution in [0.4, 0.5) is 0 Å². The maximum Gasteiger partial charge on any atom is 0.241 e. The molecule has 0 spiro atoms. The normalized spacial score (nSPS) is 14.1. The van der Waals surface area contributed by atoms with Crippen molar-refractivity contribution in [3.05, 3.63) is 34.4 Å². The number of fused-ring (bicyclic) bond motifs is 1. The molecule has 22 heavy (non-hydrogen) atoms. The summed E-state index contributed by atoms with van der Waals surface area (Å²) in [6.07, 6.45) is 0. The molecule has 1 aliphatic heterocycles. The van der Waals surface area contributed by atoms with Gasteiger partial charge in [-0.2, -0.15) is 4.98 Å². The third-order valence-electron chi connectivity index (χ3n) is 2.96. The quantitative estimate of drug-likeness (QED) is 0.836. The van der Waals surface area contributed by atoms with Gasteiger partial charge in [-0.05, 0) is 24.6 Å². The summed E-state index contributed by atoms with van der Waals surface area (Å²) in [5, 5.41) is 3.90. The molecule has 1 aromatic heterocycles. The van der Waals surface area contributed by atoms with Gasteiger partial charge in [-0.25, -0.2) is 8.42 Å². The van der Waals surface area contributed by atoms with Crippen LogP contribution in [-0.2, 0) is 21.3 Å². The molecule has 0 N–H and O–H groups in total. The molecule has 118 valence electrons. The van der Waals surface area contributed by atoms with Crippen molar-refractivity contribution in [1.29, 1.82) is 0 Å². The highest BCUT2D eigenvalue weighted by Gasteiger charge is 2.21. The first-order chi connectivity index (χ1) is 10.4. The van der Waals surface area contributed by atoms with Crippen molar-refractivity contribution < 1.29 is 22.4 Å². The third-order valence-corrected chi connectivity index (χ3v) is 4.70. The monoisotopic (exact) mass is 344 g/mol. The van der Waals surface area contributed by atoms with E-state index < -0.39 is 9.84 Å². The fourth-order valence-electron chi connectivity index (χ4n) is 2.14. The Bertz CT molecular complexity index is 803. The second kappa shape index (κ2) is 5.77. The van der Waals surface area contributed by atoms with Gasteiger partial charge in [0, 0.05) is 0 Å². The van der Waals surface area contributed by atoms with Crippen molar-refractivity contribution in [3.8, 4) is 11.5 Å². The van der Waals surface area contributed by atoms with Crippen LogP contribution in [0.15, 0.2) is 16.7 Å². The molecule has 2 heterocycles. The van der Waals surface area contributed by atoms with Crippen molar-refractivity contribution in [2.45, 2.75) is 18.4 Å². The summed E-state index contributed by atoms with van der Waals surface area (Å²) in [6, 6.07) is 3.18. The molecule has 0 saturated carbocycles. The maximum absolute atomic E-state index is 12.2. The molecule has 0 aliphatic carbocycles. The minimum absolute atomic E-state index is 0.0705. The molecule has 0 unspecified atom stereocenters.